The Morgan fingerprint density at radius 2 is 2.27 bits per heavy atom. The number of phenols is 1. The zero-order valence-corrected chi connectivity index (χ0v) is 8.82. The van der Waals surface area contributed by atoms with Crippen LogP contribution in [0.3, 0.4) is 0 Å². The summed E-state index contributed by atoms with van der Waals surface area (Å²) in [5, 5.41) is 19.9. The van der Waals surface area contributed by atoms with E-state index in [1.807, 2.05) is 0 Å². The van der Waals surface area contributed by atoms with Crippen LogP contribution in [0.15, 0.2) is 10.5 Å². The molecule has 0 saturated heterocycles. The number of aromatic hydroxyl groups is 1. The number of hydrogen-bond acceptors (Lipinski definition) is 4. The van der Waals surface area contributed by atoms with Crippen LogP contribution in [0.1, 0.15) is 5.56 Å². The first-order valence-corrected chi connectivity index (χ1v) is 4.56. The average molecular weight is 278 g/mol. The summed E-state index contributed by atoms with van der Waals surface area (Å²) in [6.45, 7) is 0. The minimum atomic E-state index is -0.920. The predicted octanol–water partition coefficient (Wildman–Crippen LogP) is 1.94. The van der Waals surface area contributed by atoms with Crippen molar-refractivity contribution in [1.82, 2.24) is 0 Å². The molecule has 0 unspecified atom stereocenters. The minimum Gasteiger partial charge on any atom is -0.502 e. The molecule has 15 heavy (non-hydrogen) atoms. The van der Waals surface area contributed by atoms with Gasteiger partial charge in [0.1, 0.15) is 16.6 Å². The number of halogens is 2. The summed E-state index contributed by atoms with van der Waals surface area (Å²) in [7, 11) is 0. The number of hydrogen-bond donors (Lipinski definition) is 1. The summed E-state index contributed by atoms with van der Waals surface area (Å²) in [5.41, 5.74) is -0.885. The molecule has 0 amide bonds. The molecule has 0 aliphatic carbocycles. The SMILES string of the molecule is O=CCc1cc(F)c(Br)c([N+](=O)[O-])c1O. The first-order valence-electron chi connectivity index (χ1n) is 3.77. The van der Waals surface area contributed by atoms with E-state index < -0.39 is 26.7 Å². The van der Waals surface area contributed by atoms with Gasteiger partial charge in [0.2, 0.25) is 0 Å². The highest BCUT2D eigenvalue weighted by molar-refractivity contribution is 9.10. The van der Waals surface area contributed by atoms with E-state index in [2.05, 4.69) is 15.9 Å². The molecule has 1 aromatic rings. The van der Waals surface area contributed by atoms with E-state index in [-0.39, 0.29) is 12.0 Å². The van der Waals surface area contributed by atoms with Gasteiger partial charge in [-0.2, -0.15) is 0 Å². The monoisotopic (exact) mass is 277 g/mol. The van der Waals surface area contributed by atoms with Crippen LogP contribution < -0.4 is 0 Å². The van der Waals surface area contributed by atoms with Gasteiger partial charge < -0.3 is 9.90 Å². The molecule has 0 aromatic heterocycles. The third-order valence-corrected chi connectivity index (χ3v) is 2.49. The number of aldehydes is 1. The Bertz CT molecular complexity index is 435. The Morgan fingerprint density at radius 1 is 1.67 bits per heavy atom. The fourth-order valence-corrected chi connectivity index (χ4v) is 1.51. The average Bonchev–Trinajstić information content (AvgIpc) is 2.14. The molecule has 0 heterocycles. The van der Waals surface area contributed by atoms with Gasteiger partial charge in [0.05, 0.1) is 4.92 Å². The smallest absolute Gasteiger partial charge is 0.328 e. The molecule has 1 rings (SSSR count). The van der Waals surface area contributed by atoms with Gasteiger partial charge in [-0.15, -0.1) is 0 Å². The molecule has 1 aromatic carbocycles. The molecule has 0 spiro atoms. The van der Waals surface area contributed by atoms with Crippen LogP contribution in [0.4, 0.5) is 10.1 Å². The Labute approximate surface area is 91.8 Å². The summed E-state index contributed by atoms with van der Waals surface area (Å²) >= 11 is 2.65. The first kappa shape index (κ1) is 11.6. The van der Waals surface area contributed by atoms with Crippen LogP contribution in [-0.2, 0) is 11.2 Å². The highest BCUT2D eigenvalue weighted by atomic mass is 79.9. The van der Waals surface area contributed by atoms with Crippen molar-refractivity contribution >= 4 is 27.9 Å². The van der Waals surface area contributed by atoms with Crippen LogP contribution >= 0.6 is 15.9 Å². The van der Waals surface area contributed by atoms with Crippen molar-refractivity contribution in [3.63, 3.8) is 0 Å². The molecule has 80 valence electrons. The number of nitro groups is 1. The number of carbonyl (C=O) groups is 1. The second kappa shape index (κ2) is 4.35. The summed E-state index contributed by atoms with van der Waals surface area (Å²) in [6, 6.07) is 0.876. The number of carbonyl (C=O) groups excluding carboxylic acids is 1. The maximum absolute atomic E-state index is 13.1. The molecule has 0 aliphatic rings. The van der Waals surface area contributed by atoms with Crippen LogP contribution in [0.2, 0.25) is 0 Å². The number of benzene rings is 1. The quantitative estimate of drug-likeness (QED) is 0.520. The van der Waals surface area contributed by atoms with Gasteiger partial charge in [-0.05, 0) is 22.0 Å². The normalized spacial score (nSPS) is 10.0. The zero-order valence-electron chi connectivity index (χ0n) is 7.24. The number of phenolic OH excluding ortho intramolecular Hbond substituents is 1. The lowest BCUT2D eigenvalue weighted by molar-refractivity contribution is -0.386. The van der Waals surface area contributed by atoms with Gasteiger partial charge in [-0.25, -0.2) is 4.39 Å². The van der Waals surface area contributed by atoms with E-state index in [0.717, 1.165) is 6.07 Å². The first-order chi connectivity index (χ1) is 6.99. The van der Waals surface area contributed by atoms with Gasteiger partial charge >= 0.3 is 5.69 Å². The highest BCUT2D eigenvalue weighted by Crippen LogP contribution is 2.38. The molecule has 0 radical (unpaired) electrons. The topological polar surface area (TPSA) is 80.4 Å². The van der Waals surface area contributed by atoms with Crippen molar-refractivity contribution in [3.05, 3.63) is 32.0 Å². The Balaban J connectivity index is 3.48. The zero-order chi connectivity index (χ0) is 11.6. The van der Waals surface area contributed by atoms with Crippen molar-refractivity contribution in [2.45, 2.75) is 6.42 Å². The lowest BCUT2D eigenvalue weighted by atomic mass is 10.1. The third-order valence-electron chi connectivity index (χ3n) is 1.73. The molecular weight excluding hydrogens is 273 g/mol. The van der Waals surface area contributed by atoms with Crippen molar-refractivity contribution < 1.29 is 19.2 Å². The molecular formula is C8H5BrFNO4. The largest absolute Gasteiger partial charge is 0.502 e. The van der Waals surface area contributed by atoms with E-state index in [9.17, 15) is 24.4 Å². The lowest BCUT2D eigenvalue weighted by Gasteiger charge is -2.04. The van der Waals surface area contributed by atoms with E-state index >= 15 is 0 Å². The molecule has 0 fully saturated rings. The number of nitrogens with zero attached hydrogens (tertiary/aromatic N) is 1. The van der Waals surface area contributed by atoms with E-state index in [4.69, 9.17) is 0 Å². The van der Waals surface area contributed by atoms with Crippen LogP contribution in [-0.4, -0.2) is 16.3 Å². The fraction of sp³-hybridized carbons (Fsp3) is 0.125. The van der Waals surface area contributed by atoms with Crippen molar-refractivity contribution in [2.24, 2.45) is 0 Å². The Morgan fingerprint density at radius 3 is 2.73 bits per heavy atom. The fourth-order valence-electron chi connectivity index (χ4n) is 1.07. The lowest BCUT2D eigenvalue weighted by Crippen LogP contribution is -1.97. The van der Waals surface area contributed by atoms with Gasteiger partial charge in [-0.3, -0.25) is 10.1 Å². The van der Waals surface area contributed by atoms with E-state index in [1.54, 1.807) is 0 Å². The van der Waals surface area contributed by atoms with Gasteiger partial charge in [0.15, 0.2) is 5.75 Å². The van der Waals surface area contributed by atoms with Crippen LogP contribution in [0.5, 0.6) is 5.75 Å². The predicted molar refractivity (Wildman–Crippen MR) is 52.2 cm³/mol. The second-order valence-electron chi connectivity index (χ2n) is 2.66. The molecule has 0 aliphatic heterocycles. The number of rotatable bonds is 3. The minimum absolute atomic E-state index is 0.114. The Hall–Kier alpha value is -1.50. The molecule has 5 nitrogen and oxygen atoms in total. The highest BCUT2D eigenvalue weighted by Gasteiger charge is 2.25. The Kier molecular flexibility index (Phi) is 3.35. The van der Waals surface area contributed by atoms with Crippen molar-refractivity contribution in [2.75, 3.05) is 0 Å². The van der Waals surface area contributed by atoms with Crippen molar-refractivity contribution in [1.29, 1.82) is 0 Å². The number of nitro benzene ring substituents is 1. The standard InChI is InChI=1S/C8H5BrFNO4/c9-6-5(10)3-4(1-2-12)8(13)7(6)11(14)15/h2-3,13H,1H2. The van der Waals surface area contributed by atoms with Crippen molar-refractivity contribution in [3.8, 4) is 5.75 Å². The summed E-state index contributed by atoms with van der Waals surface area (Å²) < 4.78 is 12.7. The maximum Gasteiger partial charge on any atom is 0.328 e. The van der Waals surface area contributed by atoms with Crippen LogP contribution in [0, 0.1) is 15.9 Å². The van der Waals surface area contributed by atoms with Crippen LogP contribution in [0.25, 0.3) is 0 Å². The molecule has 7 heteroatoms. The maximum atomic E-state index is 13.1. The summed E-state index contributed by atoms with van der Waals surface area (Å²) in [5.74, 6) is -1.59. The molecule has 0 saturated carbocycles. The van der Waals surface area contributed by atoms with E-state index in [0.29, 0.717) is 6.29 Å². The molecule has 0 bridgehead atoms. The second-order valence-corrected chi connectivity index (χ2v) is 3.45. The van der Waals surface area contributed by atoms with Gasteiger partial charge in [0, 0.05) is 12.0 Å². The summed E-state index contributed by atoms with van der Waals surface area (Å²) in [4.78, 5) is 19.8. The summed E-state index contributed by atoms with van der Waals surface area (Å²) in [6.07, 6.45) is 0.142. The van der Waals surface area contributed by atoms with E-state index in [1.165, 1.54) is 0 Å². The van der Waals surface area contributed by atoms with Gasteiger partial charge in [-0.1, -0.05) is 0 Å². The van der Waals surface area contributed by atoms with Gasteiger partial charge in [0.25, 0.3) is 0 Å². The molecule has 0 atom stereocenters. The third kappa shape index (κ3) is 2.12. The molecule has 1 N–H and O–H groups in total.